The quantitative estimate of drug-likeness (QED) is 0.123. The minimum atomic E-state index is -0.978. The largest absolute Gasteiger partial charge is 0.464 e. The van der Waals surface area contributed by atoms with E-state index >= 15 is 0 Å². The predicted octanol–water partition coefficient (Wildman–Crippen LogP) is 6.25. The molecule has 5 nitrogen and oxygen atoms in total. The number of benzene rings is 2. The van der Waals surface area contributed by atoms with Gasteiger partial charge in [-0.15, -0.1) is 46.7 Å². The number of amides is 1. The van der Waals surface area contributed by atoms with Crippen LogP contribution >= 0.6 is 69.9 Å². The average Bonchev–Trinajstić information content (AvgIpc) is 2.82. The van der Waals surface area contributed by atoms with Gasteiger partial charge in [0.05, 0.1) is 12.3 Å². The summed E-state index contributed by atoms with van der Waals surface area (Å²) >= 11 is 27.1. The molecule has 190 valence electrons. The highest BCUT2D eigenvalue weighted by Gasteiger charge is 2.24. The first-order valence-corrected chi connectivity index (χ1v) is 14.5. The van der Waals surface area contributed by atoms with Crippen LogP contribution in [0, 0.1) is 0 Å². The lowest BCUT2D eigenvalue weighted by Gasteiger charge is -2.18. The van der Waals surface area contributed by atoms with Crippen LogP contribution in [0.25, 0.3) is 6.08 Å². The summed E-state index contributed by atoms with van der Waals surface area (Å²) in [4.78, 5) is 27.4. The molecule has 11 heteroatoms. The first-order chi connectivity index (χ1) is 16.8. The number of rotatable bonds is 13. The molecular weight excluding hydrogens is 570 g/mol. The smallest absolute Gasteiger partial charge is 0.328 e. The van der Waals surface area contributed by atoms with E-state index in [2.05, 4.69) is 11.4 Å². The minimum absolute atomic E-state index is 0.0470. The van der Waals surface area contributed by atoms with E-state index in [-0.39, 0.29) is 18.7 Å². The van der Waals surface area contributed by atoms with Crippen molar-refractivity contribution in [2.45, 2.75) is 29.2 Å². The SMILES string of the molecule is CCOC(=O)[C@H](Cc1ccc(Cl)cc1Cl)NC(=O)/C(N)=C/c1cc(SCCCl)cc(SCCCl)c1. The van der Waals surface area contributed by atoms with Crippen LogP contribution in [0.3, 0.4) is 0 Å². The van der Waals surface area contributed by atoms with Crippen LogP contribution < -0.4 is 11.1 Å². The number of esters is 1. The standard InChI is InChI=1S/C24H26Cl4N2O3S2/c1-2-33-24(32)22(12-16-3-4-17(27)13-20(16)28)30-23(31)21(29)11-15-9-18(34-7-5-25)14-19(10-15)35-8-6-26/h3-4,9-11,13-14,22H,2,5-8,12,29H2,1H3,(H,30,31)/b21-11-/t22-/m0/s1. The second-order valence-electron chi connectivity index (χ2n) is 7.13. The van der Waals surface area contributed by atoms with E-state index in [1.54, 1.807) is 54.7 Å². The summed E-state index contributed by atoms with van der Waals surface area (Å²) in [6.07, 6.45) is 1.69. The third kappa shape index (κ3) is 10.3. The van der Waals surface area contributed by atoms with Gasteiger partial charge in [-0.05, 0) is 54.5 Å². The summed E-state index contributed by atoms with van der Waals surface area (Å²) < 4.78 is 5.14. The van der Waals surface area contributed by atoms with Crippen LogP contribution in [-0.2, 0) is 20.7 Å². The zero-order valence-electron chi connectivity index (χ0n) is 19.0. The van der Waals surface area contributed by atoms with Crippen molar-refractivity contribution < 1.29 is 14.3 Å². The highest BCUT2D eigenvalue weighted by Crippen LogP contribution is 2.28. The van der Waals surface area contributed by atoms with Gasteiger partial charge in [0.1, 0.15) is 6.04 Å². The van der Waals surface area contributed by atoms with Crippen LogP contribution in [0.4, 0.5) is 0 Å². The number of carbonyl (C=O) groups excluding carboxylic acids is 2. The number of hydrogen-bond acceptors (Lipinski definition) is 6. The zero-order chi connectivity index (χ0) is 25.8. The lowest BCUT2D eigenvalue weighted by atomic mass is 10.1. The molecule has 0 bridgehead atoms. The van der Waals surface area contributed by atoms with E-state index in [9.17, 15) is 9.59 Å². The zero-order valence-corrected chi connectivity index (χ0v) is 23.6. The predicted molar refractivity (Wildman–Crippen MR) is 150 cm³/mol. The molecule has 0 radical (unpaired) electrons. The molecule has 0 aliphatic heterocycles. The molecule has 0 fully saturated rings. The van der Waals surface area contributed by atoms with Gasteiger partial charge >= 0.3 is 5.97 Å². The molecule has 0 aromatic heterocycles. The third-order valence-corrected chi connectivity index (χ3v) is 7.86. The Morgan fingerprint density at radius 2 is 1.69 bits per heavy atom. The Balaban J connectivity index is 2.25. The minimum Gasteiger partial charge on any atom is -0.464 e. The van der Waals surface area contributed by atoms with Crippen LogP contribution in [0.2, 0.25) is 10.0 Å². The second kappa shape index (κ2) is 15.8. The fraction of sp³-hybridized carbons (Fsp3) is 0.333. The van der Waals surface area contributed by atoms with Crippen LogP contribution in [0.5, 0.6) is 0 Å². The molecule has 0 saturated carbocycles. The van der Waals surface area contributed by atoms with Crippen molar-refractivity contribution >= 4 is 87.9 Å². The van der Waals surface area contributed by atoms with Crippen molar-refractivity contribution in [3.63, 3.8) is 0 Å². The van der Waals surface area contributed by atoms with E-state index in [1.807, 2.05) is 12.1 Å². The first kappa shape index (κ1) is 30.0. The maximum Gasteiger partial charge on any atom is 0.328 e. The number of alkyl halides is 2. The molecule has 1 amide bonds. The second-order valence-corrected chi connectivity index (χ2v) is 11.1. The molecule has 2 aromatic rings. The number of halogens is 4. The number of nitrogens with two attached hydrogens (primary N) is 1. The molecule has 0 saturated heterocycles. The van der Waals surface area contributed by atoms with Gasteiger partial charge in [0.25, 0.3) is 5.91 Å². The van der Waals surface area contributed by atoms with Gasteiger partial charge in [-0.1, -0.05) is 29.3 Å². The molecule has 0 aliphatic carbocycles. The maximum atomic E-state index is 12.9. The summed E-state index contributed by atoms with van der Waals surface area (Å²) in [5.41, 5.74) is 7.46. The average molecular weight is 596 g/mol. The number of carbonyl (C=O) groups is 2. The maximum absolute atomic E-state index is 12.9. The van der Waals surface area contributed by atoms with E-state index in [4.69, 9.17) is 56.9 Å². The van der Waals surface area contributed by atoms with E-state index in [0.29, 0.717) is 27.4 Å². The summed E-state index contributed by atoms with van der Waals surface area (Å²) in [5.74, 6) is 1.36. The topological polar surface area (TPSA) is 81.4 Å². The molecule has 0 spiro atoms. The Kier molecular flexibility index (Phi) is 13.5. The molecule has 1 atom stereocenters. The number of thioether (sulfide) groups is 2. The van der Waals surface area contributed by atoms with Gasteiger partial charge in [0.15, 0.2) is 0 Å². The lowest BCUT2D eigenvalue weighted by Crippen LogP contribution is -2.45. The first-order valence-electron chi connectivity index (χ1n) is 10.7. The van der Waals surface area contributed by atoms with Crippen molar-refractivity contribution in [1.29, 1.82) is 0 Å². The highest BCUT2D eigenvalue weighted by molar-refractivity contribution is 8.00. The van der Waals surface area contributed by atoms with E-state index in [1.165, 1.54) is 0 Å². The van der Waals surface area contributed by atoms with Gasteiger partial charge in [-0.2, -0.15) is 0 Å². The molecule has 0 unspecified atom stereocenters. The Morgan fingerprint density at radius 3 is 2.23 bits per heavy atom. The van der Waals surface area contributed by atoms with Crippen molar-refractivity contribution in [2.24, 2.45) is 5.73 Å². The lowest BCUT2D eigenvalue weighted by molar-refractivity contribution is -0.147. The van der Waals surface area contributed by atoms with Crippen molar-refractivity contribution in [3.05, 3.63) is 63.3 Å². The van der Waals surface area contributed by atoms with E-state index in [0.717, 1.165) is 26.9 Å². The summed E-state index contributed by atoms with van der Waals surface area (Å²) in [5, 5.41) is 3.52. The van der Waals surface area contributed by atoms with Crippen molar-refractivity contribution in [3.8, 4) is 0 Å². The normalized spacial score (nSPS) is 12.3. The monoisotopic (exact) mass is 594 g/mol. The molecule has 3 N–H and O–H groups in total. The summed E-state index contributed by atoms with van der Waals surface area (Å²) in [6, 6.07) is 9.87. The van der Waals surface area contributed by atoms with Crippen LogP contribution in [0.15, 0.2) is 51.9 Å². The number of hydrogen-bond donors (Lipinski definition) is 2. The molecule has 2 aromatic carbocycles. The van der Waals surface area contributed by atoms with Gasteiger partial charge in [0, 0.05) is 49.5 Å². The van der Waals surface area contributed by atoms with Gasteiger partial charge in [-0.3, -0.25) is 4.79 Å². The van der Waals surface area contributed by atoms with Gasteiger partial charge in [0.2, 0.25) is 0 Å². The van der Waals surface area contributed by atoms with Crippen molar-refractivity contribution in [1.82, 2.24) is 5.32 Å². The van der Waals surface area contributed by atoms with Crippen LogP contribution in [0.1, 0.15) is 18.1 Å². The Bertz CT molecular complexity index is 1030. The van der Waals surface area contributed by atoms with Gasteiger partial charge in [-0.25, -0.2) is 4.79 Å². The third-order valence-electron chi connectivity index (χ3n) is 4.49. The summed E-state index contributed by atoms with van der Waals surface area (Å²) in [6.45, 7) is 1.86. The Hall–Kier alpha value is -1.22. The van der Waals surface area contributed by atoms with Crippen molar-refractivity contribution in [2.75, 3.05) is 29.9 Å². The number of ether oxygens (including phenoxy) is 1. The molecule has 0 aliphatic rings. The Labute approximate surface area is 234 Å². The van der Waals surface area contributed by atoms with Gasteiger partial charge < -0.3 is 15.8 Å². The summed E-state index contributed by atoms with van der Waals surface area (Å²) in [7, 11) is 0. The molecule has 2 rings (SSSR count). The van der Waals surface area contributed by atoms with Crippen LogP contribution in [-0.4, -0.2) is 47.8 Å². The highest BCUT2D eigenvalue weighted by atomic mass is 35.5. The van der Waals surface area contributed by atoms with E-state index < -0.39 is 17.9 Å². The fourth-order valence-electron chi connectivity index (χ4n) is 2.99. The Morgan fingerprint density at radius 1 is 1.06 bits per heavy atom. The molecule has 0 heterocycles. The fourth-order valence-corrected chi connectivity index (χ4v) is 5.49. The molecular formula is C24H26Cl4N2O3S2. The number of nitrogens with one attached hydrogen (secondary N) is 1. The molecule has 35 heavy (non-hydrogen) atoms.